The number of thioether (sulfide) groups is 1. The molecule has 0 atom stereocenters. The Morgan fingerprint density at radius 3 is 1.21 bits per heavy atom. The van der Waals surface area contributed by atoms with Crippen LogP contribution in [-0.4, -0.2) is 9.85 Å². The second-order valence-electron chi connectivity index (χ2n) is 8.11. The summed E-state index contributed by atoms with van der Waals surface area (Å²) >= 11 is 2.00. The van der Waals surface area contributed by atoms with Gasteiger partial charge in [-0.05, 0) is 36.8 Å². The van der Waals surface area contributed by atoms with E-state index in [0.717, 1.165) is 51.4 Å². The van der Waals surface area contributed by atoms with E-state index in [1.807, 2.05) is 36.0 Å². The highest BCUT2D eigenvalue weighted by molar-refractivity contribution is 8.01. The molecule has 0 spiro atoms. The van der Waals surface area contributed by atoms with Crippen LogP contribution in [0.3, 0.4) is 0 Å². The van der Waals surface area contributed by atoms with Gasteiger partial charge >= 0.3 is 0 Å². The van der Waals surface area contributed by atoms with Crippen LogP contribution >= 0.6 is 11.8 Å². The van der Waals surface area contributed by atoms with Gasteiger partial charge in [0.15, 0.2) is 0 Å². The first-order valence-electron chi connectivity index (χ1n) is 10.1. The Balaban J connectivity index is 1.69. The zero-order valence-electron chi connectivity index (χ0n) is 16.2. The topological polar surface area (TPSA) is 86.3 Å². The van der Waals surface area contributed by atoms with Crippen molar-refractivity contribution in [1.29, 1.82) is 0 Å². The second-order valence-corrected chi connectivity index (χ2v) is 9.88. The van der Waals surface area contributed by atoms with Crippen LogP contribution in [0.4, 0.5) is 11.4 Å². The van der Waals surface area contributed by atoms with E-state index < -0.39 is 0 Å². The van der Waals surface area contributed by atoms with Gasteiger partial charge in [-0.25, -0.2) is 0 Å². The molecule has 152 valence electrons. The van der Waals surface area contributed by atoms with Gasteiger partial charge in [-0.1, -0.05) is 49.9 Å². The minimum Gasteiger partial charge on any atom is -0.258 e. The normalized spacial score (nSPS) is 19.9. The fraction of sp³-hybridized carbons (Fsp3) is 0.455. The Bertz CT molecular complexity index is 824. The summed E-state index contributed by atoms with van der Waals surface area (Å²) in [5.74, 6) is 0. The lowest BCUT2D eigenvalue weighted by Gasteiger charge is -2.40. The van der Waals surface area contributed by atoms with Gasteiger partial charge in [0.1, 0.15) is 0 Å². The van der Waals surface area contributed by atoms with Crippen molar-refractivity contribution in [3.63, 3.8) is 0 Å². The number of hydrogen-bond acceptors (Lipinski definition) is 5. The Hall–Kier alpha value is -2.41. The summed E-state index contributed by atoms with van der Waals surface area (Å²) in [5, 5.41) is 22.1. The zero-order valence-corrected chi connectivity index (χ0v) is 17.0. The first-order chi connectivity index (χ1) is 13.9. The molecular weight excluding hydrogens is 388 g/mol. The van der Waals surface area contributed by atoms with Gasteiger partial charge < -0.3 is 0 Å². The predicted molar refractivity (Wildman–Crippen MR) is 114 cm³/mol. The van der Waals surface area contributed by atoms with Crippen molar-refractivity contribution in [3.05, 3.63) is 79.9 Å². The first kappa shape index (κ1) is 19.9. The fourth-order valence-electron chi connectivity index (χ4n) is 4.94. The van der Waals surface area contributed by atoms with Gasteiger partial charge in [0, 0.05) is 33.8 Å². The number of non-ortho nitro benzene ring substituents is 2. The van der Waals surface area contributed by atoms with E-state index in [-0.39, 0.29) is 30.7 Å². The first-order valence-corrected chi connectivity index (χ1v) is 11.0. The molecule has 0 amide bonds. The van der Waals surface area contributed by atoms with E-state index in [4.69, 9.17) is 0 Å². The number of benzene rings is 2. The van der Waals surface area contributed by atoms with Crippen molar-refractivity contribution in [1.82, 2.24) is 0 Å². The van der Waals surface area contributed by atoms with Crippen molar-refractivity contribution < 1.29 is 9.85 Å². The molecule has 2 aromatic rings. The third-order valence-electron chi connectivity index (χ3n) is 6.42. The average Bonchev–Trinajstić information content (AvgIpc) is 3.39. The minimum atomic E-state index is -0.354. The van der Waals surface area contributed by atoms with E-state index in [2.05, 4.69) is 0 Å². The molecule has 2 saturated carbocycles. The quantitative estimate of drug-likeness (QED) is 0.400. The molecule has 6 nitrogen and oxygen atoms in total. The number of rotatable bonds is 6. The molecule has 0 bridgehead atoms. The lowest BCUT2D eigenvalue weighted by molar-refractivity contribution is -0.385. The van der Waals surface area contributed by atoms with Crippen LogP contribution in [0.5, 0.6) is 0 Å². The molecule has 2 aromatic carbocycles. The molecule has 0 unspecified atom stereocenters. The molecular formula is C22H24N2O4S. The average molecular weight is 413 g/mol. The van der Waals surface area contributed by atoms with Crippen LogP contribution in [0, 0.1) is 20.2 Å². The van der Waals surface area contributed by atoms with Crippen LogP contribution < -0.4 is 0 Å². The molecule has 0 saturated heterocycles. The Morgan fingerprint density at radius 2 is 0.931 bits per heavy atom. The van der Waals surface area contributed by atoms with Crippen LogP contribution in [-0.2, 0) is 9.49 Å². The van der Waals surface area contributed by atoms with E-state index in [9.17, 15) is 20.2 Å². The molecule has 0 aliphatic heterocycles. The van der Waals surface area contributed by atoms with Crippen LogP contribution in [0.15, 0.2) is 48.5 Å². The van der Waals surface area contributed by atoms with Crippen molar-refractivity contribution in [2.75, 3.05) is 0 Å². The smallest absolute Gasteiger partial charge is 0.258 e. The van der Waals surface area contributed by atoms with Crippen molar-refractivity contribution >= 4 is 23.1 Å². The van der Waals surface area contributed by atoms with E-state index >= 15 is 0 Å². The van der Waals surface area contributed by atoms with Gasteiger partial charge in [0.05, 0.1) is 9.85 Å². The lowest BCUT2D eigenvalue weighted by atomic mass is 9.95. The molecule has 0 N–H and O–H groups in total. The molecule has 0 aromatic heterocycles. The maximum Gasteiger partial charge on any atom is 0.269 e. The molecule has 7 heteroatoms. The predicted octanol–water partition coefficient (Wildman–Crippen LogP) is 6.48. The SMILES string of the molecule is O=[N+]([O-])c1ccc(C2(SC3(c4ccc([N+](=O)[O-])cc4)CCCC3)CCCC2)cc1. The maximum absolute atomic E-state index is 11.1. The third-order valence-corrected chi connectivity index (χ3v) is 8.49. The molecule has 4 rings (SSSR count). The monoisotopic (exact) mass is 412 g/mol. The Kier molecular flexibility index (Phi) is 5.34. The summed E-state index contributed by atoms with van der Waals surface area (Å²) in [4.78, 5) is 21.4. The Morgan fingerprint density at radius 1 is 0.621 bits per heavy atom. The third kappa shape index (κ3) is 3.75. The summed E-state index contributed by atoms with van der Waals surface area (Å²) in [5.41, 5.74) is 2.58. The lowest BCUT2D eigenvalue weighted by Crippen LogP contribution is -2.28. The van der Waals surface area contributed by atoms with E-state index in [0.29, 0.717) is 0 Å². The van der Waals surface area contributed by atoms with Gasteiger partial charge in [0.25, 0.3) is 11.4 Å². The largest absolute Gasteiger partial charge is 0.269 e. The fourth-order valence-corrected chi connectivity index (χ4v) is 7.18. The van der Waals surface area contributed by atoms with Crippen LogP contribution in [0.1, 0.15) is 62.5 Å². The highest BCUT2D eigenvalue weighted by Crippen LogP contribution is 2.62. The molecule has 0 heterocycles. The van der Waals surface area contributed by atoms with Crippen molar-refractivity contribution in [2.24, 2.45) is 0 Å². The summed E-state index contributed by atoms with van der Waals surface area (Å²) < 4.78 is -0.109. The number of hydrogen-bond donors (Lipinski definition) is 0. The summed E-state index contributed by atoms with van der Waals surface area (Å²) in [6.45, 7) is 0. The zero-order chi connectivity index (χ0) is 20.5. The van der Waals surface area contributed by atoms with E-state index in [1.165, 1.54) is 11.1 Å². The highest BCUT2D eigenvalue weighted by Gasteiger charge is 2.47. The minimum absolute atomic E-state index is 0.0543. The number of nitro groups is 2. The molecule has 2 aliphatic carbocycles. The molecule has 2 fully saturated rings. The van der Waals surface area contributed by atoms with Crippen molar-refractivity contribution in [3.8, 4) is 0 Å². The molecule has 29 heavy (non-hydrogen) atoms. The number of nitrogens with zero attached hydrogens (tertiary/aromatic N) is 2. The van der Waals surface area contributed by atoms with Gasteiger partial charge in [-0.15, -0.1) is 11.8 Å². The van der Waals surface area contributed by atoms with Gasteiger partial charge in [0.2, 0.25) is 0 Å². The summed E-state index contributed by atoms with van der Waals surface area (Å²) in [6.07, 6.45) is 8.85. The molecule has 2 aliphatic rings. The van der Waals surface area contributed by atoms with Gasteiger partial charge in [-0.3, -0.25) is 20.2 Å². The Labute approximate surface area is 174 Å². The summed E-state index contributed by atoms with van der Waals surface area (Å²) in [6, 6.07) is 14.2. The van der Waals surface area contributed by atoms with Gasteiger partial charge in [-0.2, -0.15) is 0 Å². The van der Waals surface area contributed by atoms with E-state index in [1.54, 1.807) is 24.3 Å². The standard InChI is InChI=1S/C22H24N2O4S/c25-23(26)19-9-5-17(6-10-19)21(13-1-2-14-21)29-22(15-3-4-16-22)18-7-11-20(12-8-18)24(27)28/h5-12H,1-4,13-16H2. The maximum atomic E-state index is 11.1. The van der Waals surface area contributed by atoms with Crippen molar-refractivity contribution in [2.45, 2.75) is 60.9 Å². The molecule has 0 radical (unpaired) electrons. The number of nitro benzene ring substituents is 2. The highest BCUT2D eigenvalue weighted by atomic mass is 32.2. The second kappa shape index (κ2) is 7.78. The van der Waals surface area contributed by atoms with Crippen LogP contribution in [0.25, 0.3) is 0 Å². The van der Waals surface area contributed by atoms with Crippen LogP contribution in [0.2, 0.25) is 0 Å². The summed E-state index contributed by atoms with van der Waals surface area (Å²) in [7, 11) is 0.